The minimum absolute atomic E-state index is 0.0242. The first kappa shape index (κ1) is 19.2. The van der Waals surface area contributed by atoms with Crippen molar-refractivity contribution in [3.05, 3.63) is 47.5 Å². The molecule has 0 aromatic heterocycles. The monoisotopic (exact) mass is 342 g/mol. The van der Waals surface area contributed by atoms with Gasteiger partial charge in [0, 0.05) is 33.0 Å². The zero-order chi connectivity index (χ0) is 17.9. The topological polar surface area (TPSA) is 49.4 Å². The maximum absolute atomic E-state index is 12.0. The number of carbonyl (C=O) groups is 2. The Morgan fingerprint density at radius 1 is 1.08 bits per heavy atom. The van der Waals surface area contributed by atoms with Crippen molar-refractivity contribution in [2.75, 3.05) is 19.6 Å². The summed E-state index contributed by atoms with van der Waals surface area (Å²) in [5.41, 5.74) is 2.68. The third-order valence-corrected chi connectivity index (χ3v) is 4.72. The lowest BCUT2D eigenvalue weighted by Crippen LogP contribution is -2.35. The maximum Gasteiger partial charge on any atom is 0.221 e. The highest BCUT2D eigenvalue weighted by molar-refractivity contribution is 5.78. The molecule has 0 fully saturated rings. The molecule has 4 heteroatoms. The van der Waals surface area contributed by atoms with Crippen LogP contribution in [0.1, 0.15) is 51.0 Å². The highest BCUT2D eigenvalue weighted by Crippen LogP contribution is 2.19. The molecule has 0 saturated carbocycles. The first-order chi connectivity index (χ1) is 12.1. The van der Waals surface area contributed by atoms with E-state index in [2.05, 4.69) is 23.5 Å². The number of amides is 2. The molecule has 2 rings (SSSR count). The van der Waals surface area contributed by atoms with Gasteiger partial charge in [-0.2, -0.15) is 0 Å². The number of allylic oxidation sites excluding steroid dienone is 1. The maximum atomic E-state index is 12.0. The Kier molecular flexibility index (Phi) is 8.23. The minimum Gasteiger partial charge on any atom is -0.356 e. The molecular formula is C21H30N2O2. The number of benzene rings is 1. The van der Waals surface area contributed by atoms with Gasteiger partial charge in [-0.3, -0.25) is 9.59 Å². The van der Waals surface area contributed by atoms with Crippen molar-refractivity contribution in [3.8, 4) is 0 Å². The Bertz CT molecular complexity index is 581. The largest absolute Gasteiger partial charge is 0.356 e. The molecule has 25 heavy (non-hydrogen) atoms. The zero-order valence-electron chi connectivity index (χ0n) is 15.3. The van der Waals surface area contributed by atoms with Gasteiger partial charge >= 0.3 is 0 Å². The van der Waals surface area contributed by atoms with Gasteiger partial charge in [0.05, 0.1) is 0 Å². The van der Waals surface area contributed by atoms with E-state index in [1.54, 1.807) is 11.8 Å². The molecule has 0 atom stereocenters. The third-order valence-electron chi connectivity index (χ3n) is 4.72. The van der Waals surface area contributed by atoms with Gasteiger partial charge in [-0.25, -0.2) is 0 Å². The van der Waals surface area contributed by atoms with E-state index < -0.39 is 0 Å². The number of carbonyl (C=O) groups excluding carboxylic acids is 2. The van der Waals surface area contributed by atoms with E-state index in [9.17, 15) is 9.59 Å². The number of hydrogen-bond donors (Lipinski definition) is 1. The van der Waals surface area contributed by atoms with Gasteiger partial charge in [-0.1, -0.05) is 42.0 Å². The quantitative estimate of drug-likeness (QED) is 0.699. The Morgan fingerprint density at radius 3 is 2.56 bits per heavy atom. The second-order valence-corrected chi connectivity index (χ2v) is 6.70. The van der Waals surface area contributed by atoms with E-state index in [1.807, 2.05) is 18.2 Å². The lowest BCUT2D eigenvalue weighted by Gasteiger charge is -2.21. The Balaban J connectivity index is 1.66. The molecular weight excluding hydrogens is 312 g/mol. The predicted molar refractivity (Wildman–Crippen MR) is 101 cm³/mol. The van der Waals surface area contributed by atoms with Crippen molar-refractivity contribution in [3.63, 3.8) is 0 Å². The minimum atomic E-state index is 0.0242. The molecule has 1 aliphatic rings. The van der Waals surface area contributed by atoms with Gasteiger partial charge in [-0.05, 0) is 44.1 Å². The molecule has 0 radical (unpaired) electrons. The van der Waals surface area contributed by atoms with Crippen molar-refractivity contribution in [2.24, 2.45) is 0 Å². The van der Waals surface area contributed by atoms with Crippen molar-refractivity contribution in [2.45, 2.75) is 51.9 Å². The Hall–Kier alpha value is -2.10. The van der Waals surface area contributed by atoms with Crippen molar-refractivity contribution < 1.29 is 9.59 Å². The van der Waals surface area contributed by atoms with Gasteiger partial charge in [0.2, 0.25) is 11.8 Å². The highest BCUT2D eigenvalue weighted by atomic mass is 16.2. The predicted octanol–water partition coefficient (Wildman–Crippen LogP) is 3.47. The second kappa shape index (κ2) is 10.7. The molecule has 4 nitrogen and oxygen atoms in total. The summed E-state index contributed by atoms with van der Waals surface area (Å²) in [6.45, 7) is 3.41. The summed E-state index contributed by atoms with van der Waals surface area (Å²) in [6.07, 6.45) is 9.37. The number of nitrogens with one attached hydrogen (secondary N) is 1. The van der Waals surface area contributed by atoms with Crippen molar-refractivity contribution >= 4 is 11.8 Å². The SMILES string of the molecule is CC(=O)N(CCC(=O)NCCC1=CCCCC1)CCc1ccccc1. The van der Waals surface area contributed by atoms with Crippen LogP contribution in [0.15, 0.2) is 42.0 Å². The summed E-state index contributed by atoms with van der Waals surface area (Å²) >= 11 is 0. The molecule has 0 unspecified atom stereocenters. The molecule has 1 aliphatic carbocycles. The molecule has 1 aromatic rings. The van der Waals surface area contributed by atoms with Crippen LogP contribution in [0.25, 0.3) is 0 Å². The van der Waals surface area contributed by atoms with Crippen molar-refractivity contribution in [1.29, 1.82) is 0 Å². The molecule has 136 valence electrons. The van der Waals surface area contributed by atoms with Crippen molar-refractivity contribution in [1.82, 2.24) is 10.2 Å². The molecule has 0 heterocycles. The fourth-order valence-electron chi connectivity index (χ4n) is 3.15. The first-order valence-corrected chi connectivity index (χ1v) is 9.39. The van der Waals surface area contributed by atoms with E-state index in [-0.39, 0.29) is 11.8 Å². The molecule has 1 aromatic carbocycles. The molecule has 0 aliphatic heterocycles. The van der Waals surface area contributed by atoms with Gasteiger partial charge < -0.3 is 10.2 Å². The lowest BCUT2D eigenvalue weighted by molar-refractivity contribution is -0.129. The van der Waals surface area contributed by atoms with Gasteiger partial charge in [-0.15, -0.1) is 0 Å². The van der Waals surface area contributed by atoms with E-state index in [4.69, 9.17) is 0 Å². The van der Waals surface area contributed by atoms with Crippen LogP contribution in [-0.4, -0.2) is 36.3 Å². The number of rotatable bonds is 9. The molecule has 0 spiro atoms. The summed E-state index contributed by atoms with van der Waals surface area (Å²) in [7, 11) is 0. The molecule has 0 saturated heterocycles. The molecule has 2 amide bonds. The smallest absolute Gasteiger partial charge is 0.221 e. The van der Waals surface area contributed by atoms with Crippen LogP contribution in [-0.2, 0) is 16.0 Å². The standard InChI is InChI=1S/C21H30N2O2/c1-18(24)23(16-13-20-10-6-3-7-11-20)17-14-21(25)22-15-12-19-8-4-2-5-9-19/h3,6-8,10-11H,2,4-5,9,12-17H2,1H3,(H,22,25). The van der Waals surface area contributed by atoms with E-state index in [0.29, 0.717) is 26.1 Å². The Morgan fingerprint density at radius 2 is 1.88 bits per heavy atom. The van der Waals surface area contributed by atoms with E-state index in [0.717, 1.165) is 12.8 Å². The van der Waals surface area contributed by atoms with Crippen LogP contribution < -0.4 is 5.32 Å². The van der Waals surface area contributed by atoms with Crippen LogP contribution in [0, 0.1) is 0 Å². The summed E-state index contributed by atoms with van der Waals surface area (Å²) < 4.78 is 0. The van der Waals surface area contributed by atoms with Crippen LogP contribution in [0.2, 0.25) is 0 Å². The van der Waals surface area contributed by atoms with Gasteiger partial charge in [0.15, 0.2) is 0 Å². The fraction of sp³-hybridized carbons (Fsp3) is 0.524. The zero-order valence-corrected chi connectivity index (χ0v) is 15.3. The number of hydrogen-bond acceptors (Lipinski definition) is 2. The van der Waals surface area contributed by atoms with E-state index >= 15 is 0 Å². The Labute approximate surface area is 151 Å². The van der Waals surface area contributed by atoms with Crippen LogP contribution in [0.4, 0.5) is 0 Å². The average molecular weight is 342 g/mol. The summed E-state index contributed by atoms with van der Waals surface area (Å²) in [5, 5.41) is 2.98. The summed E-state index contributed by atoms with van der Waals surface area (Å²) in [4.78, 5) is 25.6. The van der Waals surface area contributed by atoms with Crippen LogP contribution in [0.3, 0.4) is 0 Å². The highest BCUT2D eigenvalue weighted by Gasteiger charge is 2.11. The van der Waals surface area contributed by atoms with E-state index in [1.165, 1.54) is 36.8 Å². The molecule has 1 N–H and O–H groups in total. The normalized spacial score (nSPS) is 13.9. The second-order valence-electron chi connectivity index (χ2n) is 6.70. The van der Waals surface area contributed by atoms with Crippen LogP contribution in [0.5, 0.6) is 0 Å². The first-order valence-electron chi connectivity index (χ1n) is 9.39. The number of nitrogens with zero attached hydrogens (tertiary/aromatic N) is 1. The van der Waals surface area contributed by atoms with Gasteiger partial charge in [0.1, 0.15) is 0 Å². The average Bonchev–Trinajstić information content (AvgIpc) is 2.63. The van der Waals surface area contributed by atoms with Gasteiger partial charge in [0.25, 0.3) is 0 Å². The lowest BCUT2D eigenvalue weighted by atomic mass is 9.97. The summed E-state index contributed by atoms with van der Waals surface area (Å²) in [5.74, 6) is 0.0541. The molecule has 0 bridgehead atoms. The third kappa shape index (κ3) is 7.55. The summed E-state index contributed by atoms with van der Waals surface area (Å²) in [6, 6.07) is 10.1. The van der Waals surface area contributed by atoms with Crippen LogP contribution >= 0.6 is 0 Å². The fourth-order valence-corrected chi connectivity index (χ4v) is 3.15.